The van der Waals surface area contributed by atoms with Gasteiger partial charge in [-0.2, -0.15) is 0 Å². The van der Waals surface area contributed by atoms with Crippen molar-refractivity contribution in [2.75, 3.05) is 50.9 Å². The number of benzene rings is 2. The van der Waals surface area contributed by atoms with Crippen LogP contribution in [0.3, 0.4) is 0 Å². The number of ether oxygens (including phenoxy) is 1. The third-order valence-corrected chi connectivity index (χ3v) is 7.92. The fraction of sp³-hybridized carbons (Fsp3) is 0.458. The Morgan fingerprint density at radius 1 is 1.15 bits per heavy atom. The molecule has 2 aromatic carbocycles. The summed E-state index contributed by atoms with van der Waals surface area (Å²) in [6.07, 6.45) is 2.45. The zero-order valence-electron chi connectivity index (χ0n) is 19.5. The van der Waals surface area contributed by atoms with E-state index in [2.05, 4.69) is 9.62 Å². The molecule has 34 heavy (non-hydrogen) atoms. The van der Waals surface area contributed by atoms with Gasteiger partial charge in [0.1, 0.15) is 0 Å². The smallest absolute Gasteiger partial charge is 0.234 e. The summed E-state index contributed by atoms with van der Waals surface area (Å²) in [5.41, 5.74) is 2.11. The van der Waals surface area contributed by atoms with Crippen LogP contribution in [0.4, 0.5) is 5.69 Å². The van der Waals surface area contributed by atoms with Gasteiger partial charge in [0.25, 0.3) is 0 Å². The summed E-state index contributed by atoms with van der Waals surface area (Å²) in [7, 11) is -0.286. The molecule has 3 rings (SSSR count). The second-order valence-corrected chi connectivity index (χ2v) is 11.1. The molecule has 1 atom stereocenters. The van der Waals surface area contributed by atoms with Gasteiger partial charge in [0.15, 0.2) is 0 Å². The summed E-state index contributed by atoms with van der Waals surface area (Å²) >= 11 is 12.1. The average Bonchev–Trinajstić information content (AvgIpc) is 3.31. The third kappa shape index (κ3) is 7.58. The van der Waals surface area contributed by atoms with Crippen molar-refractivity contribution in [2.24, 2.45) is 0 Å². The van der Waals surface area contributed by atoms with E-state index in [0.717, 1.165) is 37.1 Å². The Labute approximate surface area is 212 Å². The molecule has 1 heterocycles. The van der Waals surface area contributed by atoms with Gasteiger partial charge in [-0.3, -0.25) is 9.52 Å². The lowest BCUT2D eigenvalue weighted by Crippen LogP contribution is -2.39. The molecule has 0 radical (unpaired) electrons. The molecular weight excluding hydrogens is 497 g/mol. The molecule has 0 spiro atoms. The summed E-state index contributed by atoms with van der Waals surface area (Å²) in [5, 5.41) is 0.861. The van der Waals surface area contributed by atoms with Gasteiger partial charge in [-0.15, -0.1) is 0 Å². The molecule has 1 aliphatic rings. The van der Waals surface area contributed by atoms with Gasteiger partial charge in [-0.05, 0) is 61.3 Å². The van der Waals surface area contributed by atoms with Crippen LogP contribution in [0.5, 0.6) is 0 Å². The summed E-state index contributed by atoms with van der Waals surface area (Å²) in [6, 6.07) is 12.2. The molecule has 1 fully saturated rings. The molecule has 0 aliphatic carbocycles. The zero-order valence-corrected chi connectivity index (χ0v) is 21.8. The van der Waals surface area contributed by atoms with E-state index in [1.165, 1.54) is 7.11 Å². The molecule has 1 aliphatic heterocycles. The fourth-order valence-electron chi connectivity index (χ4n) is 4.02. The average molecular weight is 529 g/mol. The Balaban J connectivity index is 1.82. The molecule has 2 aromatic rings. The number of amides is 1. The minimum Gasteiger partial charge on any atom is -0.384 e. The lowest BCUT2D eigenvalue weighted by molar-refractivity contribution is -0.131. The molecule has 1 N–H and O–H groups in total. The first kappa shape index (κ1) is 26.8. The van der Waals surface area contributed by atoms with Crippen molar-refractivity contribution in [3.05, 3.63) is 63.6 Å². The van der Waals surface area contributed by atoms with E-state index in [4.69, 9.17) is 27.9 Å². The summed E-state index contributed by atoms with van der Waals surface area (Å²) < 4.78 is 32.2. The van der Waals surface area contributed by atoms with Crippen molar-refractivity contribution < 1.29 is 17.9 Å². The third-order valence-electron chi connectivity index (χ3n) is 5.93. The van der Waals surface area contributed by atoms with E-state index in [1.807, 2.05) is 6.07 Å². The van der Waals surface area contributed by atoms with Crippen LogP contribution in [-0.2, 0) is 26.0 Å². The zero-order chi connectivity index (χ0) is 24.7. The Hall–Kier alpha value is -1.84. The monoisotopic (exact) mass is 527 g/mol. The minimum absolute atomic E-state index is 0.0614. The molecule has 0 saturated carbocycles. The fourth-order valence-corrected chi connectivity index (χ4v) is 5.31. The first-order valence-corrected chi connectivity index (χ1v) is 13.6. The number of nitrogens with one attached hydrogen (secondary N) is 1. The van der Waals surface area contributed by atoms with Gasteiger partial charge in [0.2, 0.25) is 15.9 Å². The first-order valence-electron chi connectivity index (χ1n) is 11.2. The van der Waals surface area contributed by atoms with Crippen molar-refractivity contribution in [3.8, 4) is 0 Å². The van der Waals surface area contributed by atoms with Crippen LogP contribution < -0.4 is 4.72 Å². The molecule has 0 unspecified atom stereocenters. The van der Waals surface area contributed by atoms with E-state index < -0.39 is 10.0 Å². The Kier molecular flexibility index (Phi) is 9.62. The first-order chi connectivity index (χ1) is 16.2. The number of halogens is 2. The molecule has 1 amide bonds. The highest BCUT2D eigenvalue weighted by Gasteiger charge is 2.26. The Morgan fingerprint density at radius 2 is 1.88 bits per heavy atom. The minimum atomic E-state index is -3.54. The number of likely N-dealkylation sites (N-methyl/N-ethyl adjacent to an activating group) is 1. The van der Waals surface area contributed by atoms with Crippen LogP contribution >= 0.6 is 23.2 Å². The van der Waals surface area contributed by atoms with E-state index in [1.54, 1.807) is 48.3 Å². The number of nitrogens with zero attached hydrogens (tertiary/aromatic N) is 2. The Bertz CT molecular complexity index is 1090. The number of anilines is 1. The van der Waals surface area contributed by atoms with Gasteiger partial charge in [-0.1, -0.05) is 41.4 Å². The van der Waals surface area contributed by atoms with Crippen molar-refractivity contribution in [3.63, 3.8) is 0 Å². The Morgan fingerprint density at radius 3 is 2.56 bits per heavy atom. The van der Waals surface area contributed by atoms with E-state index in [9.17, 15) is 13.2 Å². The molecule has 7 nitrogen and oxygen atoms in total. The van der Waals surface area contributed by atoms with Gasteiger partial charge in [-0.25, -0.2) is 8.42 Å². The maximum absolute atomic E-state index is 13.2. The number of rotatable bonds is 11. The van der Waals surface area contributed by atoms with Crippen molar-refractivity contribution >= 4 is 44.8 Å². The standard InChI is InChI=1S/C24H31Cl2N3O4S/c1-28(24(30)15-18-8-9-21(25)22(26)14-18)23(17-29-10-3-4-11-29)19-6-5-7-20(16-19)27-34(31,32)13-12-33-2/h5-9,14,16,23,27H,3-4,10-13,15,17H2,1-2H3/t23-/m1/s1. The summed E-state index contributed by atoms with van der Waals surface area (Å²) in [4.78, 5) is 17.3. The number of methoxy groups -OCH3 is 1. The van der Waals surface area contributed by atoms with Gasteiger partial charge < -0.3 is 14.5 Å². The van der Waals surface area contributed by atoms with E-state index in [-0.39, 0.29) is 30.7 Å². The lowest BCUT2D eigenvalue weighted by Gasteiger charge is -2.32. The number of hydrogen-bond acceptors (Lipinski definition) is 5. The van der Waals surface area contributed by atoms with E-state index in [0.29, 0.717) is 22.3 Å². The van der Waals surface area contributed by atoms with Crippen molar-refractivity contribution in [2.45, 2.75) is 25.3 Å². The number of carbonyl (C=O) groups is 1. The maximum Gasteiger partial charge on any atom is 0.234 e. The molecule has 10 heteroatoms. The SMILES string of the molecule is COCCS(=O)(=O)Nc1cccc([C@@H](CN2CCCC2)N(C)C(=O)Cc2ccc(Cl)c(Cl)c2)c1. The highest BCUT2D eigenvalue weighted by Crippen LogP contribution is 2.27. The van der Waals surface area contributed by atoms with Crippen LogP contribution in [0, 0.1) is 0 Å². The van der Waals surface area contributed by atoms with Crippen molar-refractivity contribution in [1.82, 2.24) is 9.80 Å². The number of likely N-dealkylation sites (tertiary alicyclic amines) is 1. The van der Waals surface area contributed by atoms with Gasteiger partial charge in [0.05, 0.1) is 34.9 Å². The van der Waals surface area contributed by atoms with Crippen LogP contribution in [0.25, 0.3) is 0 Å². The normalized spacial score (nSPS) is 15.3. The lowest BCUT2D eigenvalue weighted by atomic mass is 10.0. The molecule has 0 bridgehead atoms. The predicted octanol–water partition coefficient (Wildman–Crippen LogP) is 4.22. The predicted molar refractivity (Wildman–Crippen MR) is 137 cm³/mol. The van der Waals surface area contributed by atoms with Crippen molar-refractivity contribution in [1.29, 1.82) is 0 Å². The van der Waals surface area contributed by atoms with Gasteiger partial charge >= 0.3 is 0 Å². The highest BCUT2D eigenvalue weighted by molar-refractivity contribution is 7.92. The largest absolute Gasteiger partial charge is 0.384 e. The summed E-state index contributed by atoms with van der Waals surface area (Å²) in [6.45, 7) is 2.74. The van der Waals surface area contributed by atoms with Gasteiger partial charge in [0, 0.05) is 26.4 Å². The van der Waals surface area contributed by atoms with Crippen LogP contribution in [0.15, 0.2) is 42.5 Å². The molecular formula is C24H31Cl2N3O4S. The summed E-state index contributed by atoms with van der Waals surface area (Å²) in [5.74, 6) is -0.193. The number of carbonyl (C=O) groups excluding carboxylic acids is 1. The quantitative estimate of drug-likeness (QED) is 0.473. The maximum atomic E-state index is 13.2. The van der Waals surface area contributed by atoms with Crippen LogP contribution in [0.1, 0.15) is 30.0 Å². The topological polar surface area (TPSA) is 79.0 Å². The number of hydrogen-bond donors (Lipinski definition) is 1. The molecule has 1 saturated heterocycles. The molecule has 186 valence electrons. The molecule has 0 aromatic heterocycles. The van der Waals surface area contributed by atoms with Crippen LogP contribution in [0.2, 0.25) is 10.0 Å². The second kappa shape index (κ2) is 12.2. The van der Waals surface area contributed by atoms with E-state index >= 15 is 0 Å². The highest BCUT2D eigenvalue weighted by atomic mass is 35.5. The second-order valence-electron chi connectivity index (χ2n) is 8.49. The van der Waals surface area contributed by atoms with Crippen LogP contribution in [-0.4, -0.2) is 70.3 Å². The number of sulfonamides is 1.